The number of aliphatic hydroxyl groups is 1. The molecule has 10 rings (SSSR count). The van der Waals surface area contributed by atoms with E-state index in [2.05, 4.69) is 30.0 Å². The molecule has 1 unspecified atom stereocenters. The number of para-hydroxylation sites is 1. The third-order valence-corrected chi connectivity index (χ3v) is 12.3. The van der Waals surface area contributed by atoms with E-state index in [1.54, 1.807) is 12.1 Å². The number of aromatic nitrogens is 4. The summed E-state index contributed by atoms with van der Waals surface area (Å²) >= 11 is 0. The Bertz CT molecular complexity index is 2510. The second-order valence-electron chi connectivity index (χ2n) is 16.1. The van der Waals surface area contributed by atoms with Crippen LogP contribution >= 0.6 is 0 Å². The Balaban J connectivity index is 0.744. The molecule has 0 aliphatic carbocycles. The summed E-state index contributed by atoms with van der Waals surface area (Å²) in [6.07, 6.45) is -0.0702. The Morgan fingerprint density at radius 3 is 2.39 bits per heavy atom. The average Bonchev–Trinajstić information content (AvgIpc) is 3.71. The predicted molar refractivity (Wildman–Crippen MR) is 212 cm³/mol. The van der Waals surface area contributed by atoms with Crippen LogP contribution in [0.3, 0.4) is 0 Å². The van der Waals surface area contributed by atoms with Crippen LogP contribution in [-0.2, 0) is 15.3 Å². The summed E-state index contributed by atoms with van der Waals surface area (Å²) in [5.41, 5.74) is 7.14. The van der Waals surface area contributed by atoms with Crippen molar-refractivity contribution in [3.63, 3.8) is 0 Å². The topological polar surface area (TPSA) is 192 Å². The van der Waals surface area contributed by atoms with Crippen molar-refractivity contribution in [3.05, 3.63) is 90.3 Å². The summed E-state index contributed by atoms with van der Waals surface area (Å²) in [7, 11) is 0. The molecule has 7 heterocycles. The minimum absolute atomic E-state index is 0.0372. The maximum Gasteiger partial charge on any atom is 0.262 e. The molecule has 59 heavy (non-hydrogen) atoms. The number of likely N-dealkylation sites (tertiary alicyclic amines) is 2. The number of anilines is 2. The molecule has 5 aliphatic rings. The SMILES string of the molecule is Nc1ncnc2c1c(-c1ccc(Oc3ccccc3)cc1)nn2[C@]1(O)CCN(C2CN(CC3CN(c4ccc5c(c4)C(=O)N(C4CCC(=O)NC4=O)C5=O)C3)C2)C[C@@H]1F. The summed E-state index contributed by atoms with van der Waals surface area (Å²) in [4.78, 5) is 66.6. The molecule has 16 nitrogen and oxygen atoms in total. The largest absolute Gasteiger partial charge is 0.457 e. The first kappa shape index (κ1) is 37.0. The normalized spacial score (nSPS) is 24.3. The summed E-state index contributed by atoms with van der Waals surface area (Å²) in [6, 6.07) is 21.0. The van der Waals surface area contributed by atoms with Gasteiger partial charge in [-0.1, -0.05) is 18.2 Å². The van der Waals surface area contributed by atoms with E-state index >= 15 is 4.39 Å². The number of rotatable bonds is 9. The fourth-order valence-corrected chi connectivity index (χ4v) is 9.07. The number of halogens is 1. The van der Waals surface area contributed by atoms with Gasteiger partial charge in [-0.15, -0.1) is 0 Å². The highest BCUT2D eigenvalue weighted by atomic mass is 19.1. The van der Waals surface area contributed by atoms with E-state index in [4.69, 9.17) is 15.6 Å². The number of hydrogen-bond donors (Lipinski definition) is 3. The molecule has 4 amide bonds. The van der Waals surface area contributed by atoms with Crippen LogP contribution in [0.1, 0.15) is 40.0 Å². The van der Waals surface area contributed by atoms with E-state index in [9.17, 15) is 24.3 Å². The lowest BCUT2D eigenvalue weighted by Gasteiger charge is -2.52. The van der Waals surface area contributed by atoms with Crippen molar-refractivity contribution in [2.24, 2.45) is 5.92 Å². The standard InChI is InChI=1S/C42H41FN10O6/c43-33-22-50(15-14-42(33,58)53-38-35(37(44)45-23-46-38)36(48-53)25-6-9-29(10-7-25)59-28-4-2-1-3-5-28)27-20-49(21-27)17-24-18-51(19-24)26-8-11-30-31(16-26)41(57)52(40(30)56)32-12-13-34(54)47-39(32)55/h1-11,16,23-24,27,32-33,58H,12-15,17-22H2,(H2,44,45,46)(H,47,54,55)/t32?,33-,42-/m0/s1. The third-order valence-electron chi connectivity index (χ3n) is 12.3. The molecular weight excluding hydrogens is 760 g/mol. The minimum atomic E-state index is -1.94. The molecule has 0 radical (unpaired) electrons. The van der Waals surface area contributed by atoms with Crippen molar-refractivity contribution in [2.75, 3.05) is 56.4 Å². The summed E-state index contributed by atoms with van der Waals surface area (Å²) in [6.45, 7) is 4.51. The van der Waals surface area contributed by atoms with Gasteiger partial charge in [0.05, 0.1) is 16.5 Å². The lowest BCUT2D eigenvalue weighted by Crippen LogP contribution is -2.66. The smallest absolute Gasteiger partial charge is 0.262 e. The van der Waals surface area contributed by atoms with Gasteiger partial charge in [-0.3, -0.25) is 39.2 Å². The van der Waals surface area contributed by atoms with Gasteiger partial charge >= 0.3 is 0 Å². The Kier molecular flexibility index (Phi) is 8.91. The van der Waals surface area contributed by atoms with Gasteiger partial charge in [-0.2, -0.15) is 5.10 Å². The fourth-order valence-electron chi connectivity index (χ4n) is 9.07. The Morgan fingerprint density at radius 2 is 1.64 bits per heavy atom. The third kappa shape index (κ3) is 6.36. The molecule has 0 bridgehead atoms. The van der Waals surface area contributed by atoms with E-state index < -0.39 is 41.6 Å². The van der Waals surface area contributed by atoms with Crippen LogP contribution in [0.5, 0.6) is 11.5 Å². The monoisotopic (exact) mass is 800 g/mol. The van der Waals surface area contributed by atoms with Crippen molar-refractivity contribution in [3.8, 4) is 22.8 Å². The van der Waals surface area contributed by atoms with E-state index in [-0.39, 0.29) is 54.4 Å². The molecule has 2 aromatic heterocycles. The number of nitrogen functional groups attached to an aromatic ring is 1. The molecular formula is C42H41FN10O6. The van der Waals surface area contributed by atoms with Crippen LogP contribution in [0.25, 0.3) is 22.3 Å². The number of piperidine rings is 2. The van der Waals surface area contributed by atoms with Gasteiger partial charge < -0.3 is 20.5 Å². The molecule has 3 atom stereocenters. The lowest BCUT2D eigenvalue weighted by atomic mass is 9.93. The van der Waals surface area contributed by atoms with E-state index in [1.165, 1.54) is 11.0 Å². The van der Waals surface area contributed by atoms with Crippen LogP contribution in [0, 0.1) is 5.92 Å². The van der Waals surface area contributed by atoms with Crippen LogP contribution in [0.15, 0.2) is 79.1 Å². The number of imide groups is 2. The summed E-state index contributed by atoms with van der Waals surface area (Å²) < 4.78 is 23.5. The first-order chi connectivity index (χ1) is 28.5. The lowest BCUT2D eigenvalue weighted by molar-refractivity contribution is -0.160. The van der Waals surface area contributed by atoms with E-state index in [0.29, 0.717) is 40.6 Å². The highest BCUT2D eigenvalue weighted by Crippen LogP contribution is 2.39. The quantitative estimate of drug-likeness (QED) is 0.185. The van der Waals surface area contributed by atoms with Crippen molar-refractivity contribution in [2.45, 2.75) is 43.2 Å². The zero-order valence-corrected chi connectivity index (χ0v) is 31.9. The fraction of sp³-hybridized carbons (Fsp3) is 0.357. The molecule has 3 aromatic carbocycles. The van der Waals surface area contributed by atoms with Gasteiger partial charge in [-0.05, 0) is 61.0 Å². The molecule has 0 saturated carbocycles. The van der Waals surface area contributed by atoms with Crippen molar-refractivity contribution in [1.29, 1.82) is 0 Å². The first-order valence-corrected chi connectivity index (χ1v) is 19.8. The number of amides is 4. The summed E-state index contributed by atoms with van der Waals surface area (Å²) in [5, 5.41) is 19.4. The number of alkyl halides is 1. The number of benzene rings is 3. The molecule has 4 saturated heterocycles. The molecule has 4 N–H and O–H groups in total. The maximum absolute atomic E-state index is 16.3. The molecule has 302 valence electrons. The van der Waals surface area contributed by atoms with Gasteiger partial charge in [0, 0.05) is 81.9 Å². The number of nitrogens with zero attached hydrogens (tertiary/aromatic N) is 8. The van der Waals surface area contributed by atoms with E-state index in [0.717, 1.165) is 43.3 Å². The molecule has 5 aliphatic heterocycles. The second kappa shape index (κ2) is 14.2. The zero-order chi connectivity index (χ0) is 40.6. The molecule has 0 spiro atoms. The van der Waals surface area contributed by atoms with Crippen LogP contribution in [0.2, 0.25) is 0 Å². The van der Waals surface area contributed by atoms with Crippen molar-refractivity contribution in [1.82, 2.24) is 39.8 Å². The number of ether oxygens (including phenoxy) is 1. The first-order valence-electron chi connectivity index (χ1n) is 19.8. The van der Waals surface area contributed by atoms with Gasteiger partial charge in [0.2, 0.25) is 11.8 Å². The number of hydrogen-bond acceptors (Lipinski definition) is 13. The number of fused-ring (bicyclic) bond motifs is 2. The second-order valence-corrected chi connectivity index (χ2v) is 16.1. The van der Waals surface area contributed by atoms with Crippen LogP contribution < -0.4 is 20.7 Å². The Morgan fingerprint density at radius 1 is 0.898 bits per heavy atom. The van der Waals surface area contributed by atoms with Gasteiger partial charge in [0.1, 0.15) is 35.4 Å². The maximum atomic E-state index is 16.3. The van der Waals surface area contributed by atoms with Gasteiger partial charge in [-0.25, -0.2) is 19.0 Å². The van der Waals surface area contributed by atoms with Crippen molar-refractivity contribution < 1.29 is 33.4 Å². The number of nitrogens with two attached hydrogens (primary N) is 1. The minimum Gasteiger partial charge on any atom is -0.457 e. The molecule has 4 fully saturated rings. The van der Waals surface area contributed by atoms with Gasteiger partial charge in [0.15, 0.2) is 17.5 Å². The molecule has 5 aromatic rings. The van der Waals surface area contributed by atoms with Crippen LogP contribution in [-0.4, -0.2) is 127 Å². The zero-order valence-electron chi connectivity index (χ0n) is 31.9. The Hall–Kier alpha value is -6.30. The highest BCUT2D eigenvalue weighted by Gasteiger charge is 2.49. The Labute approximate surface area is 337 Å². The predicted octanol–water partition coefficient (Wildman–Crippen LogP) is 2.78. The highest BCUT2D eigenvalue weighted by molar-refractivity contribution is 6.23. The number of carbonyl (C=O) groups excluding carboxylic acids is 4. The average molecular weight is 801 g/mol. The van der Waals surface area contributed by atoms with Gasteiger partial charge in [0.25, 0.3) is 11.8 Å². The van der Waals surface area contributed by atoms with E-state index in [1.807, 2.05) is 60.7 Å². The number of nitrogens with one attached hydrogen (secondary N) is 1. The summed E-state index contributed by atoms with van der Waals surface area (Å²) in [5.74, 6) is -0.177. The van der Waals surface area contributed by atoms with Crippen LogP contribution in [0.4, 0.5) is 15.9 Å². The molecule has 17 heteroatoms. The number of carbonyl (C=O) groups is 4. The van der Waals surface area contributed by atoms with Crippen molar-refractivity contribution >= 4 is 46.2 Å².